The van der Waals surface area contributed by atoms with E-state index >= 15 is 0 Å². The zero-order valence-corrected chi connectivity index (χ0v) is 7.02. The lowest BCUT2D eigenvalue weighted by molar-refractivity contribution is 0.0524. The van der Waals surface area contributed by atoms with E-state index in [1.165, 1.54) is 0 Å². The minimum Gasteiger partial charge on any atom is -0.393 e. The largest absolute Gasteiger partial charge is 0.393 e. The van der Waals surface area contributed by atoms with Gasteiger partial charge in [0.1, 0.15) is 0 Å². The molecule has 0 aliphatic heterocycles. The van der Waals surface area contributed by atoms with Crippen molar-refractivity contribution in [3.8, 4) is 0 Å². The van der Waals surface area contributed by atoms with E-state index in [9.17, 15) is 9.50 Å². The molecule has 0 fully saturated rings. The molecule has 0 saturated heterocycles. The smallest absolute Gasteiger partial charge is 0.0895 e. The average Bonchev–Trinajstić information content (AvgIpc) is 1.80. The van der Waals surface area contributed by atoms with Crippen LogP contribution in [0.3, 0.4) is 0 Å². The summed E-state index contributed by atoms with van der Waals surface area (Å²) in [4.78, 5) is 0. The monoisotopic (exact) mass is 148 g/mol. The highest BCUT2D eigenvalue weighted by Crippen LogP contribution is 2.22. The van der Waals surface area contributed by atoms with E-state index in [-0.39, 0.29) is 18.2 Å². The number of hydrogen-bond acceptors (Lipinski definition) is 1. The molecule has 0 amide bonds. The summed E-state index contributed by atoms with van der Waals surface area (Å²) in [7, 11) is 0. The first-order chi connectivity index (χ1) is 4.48. The quantitative estimate of drug-likeness (QED) is 0.650. The van der Waals surface area contributed by atoms with Gasteiger partial charge in [0, 0.05) is 0 Å². The van der Waals surface area contributed by atoms with Crippen molar-refractivity contribution < 1.29 is 9.50 Å². The Hall–Kier alpha value is -0.110. The van der Waals surface area contributed by atoms with E-state index in [1.54, 1.807) is 0 Å². The van der Waals surface area contributed by atoms with Crippen LogP contribution in [0.4, 0.5) is 4.39 Å². The Morgan fingerprint density at radius 3 is 2.20 bits per heavy atom. The summed E-state index contributed by atoms with van der Waals surface area (Å²) in [6, 6.07) is 0. The molecule has 0 aromatic carbocycles. The van der Waals surface area contributed by atoms with Crippen molar-refractivity contribution in [1.82, 2.24) is 0 Å². The van der Waals surface area contributed by atoms with Gasteiger partial charge in [-0.1, -0.05) is 20.8 Å². The van der Waals surface area contributed by atoms with Gasteiger partial charge in [0.25, 0.3) is 0 Å². The molecular weight excluding hydrogens is 131 g/mol. The highest BCUT2D eigenvalue weighted by molar-refractivity contribution is 4.71. The molecule has 0 aliphatic rings. The fourth-order valence-electron chi connectivity index (χ4n) is 0.704. The number of halogens is 1. The molecule has 0 bridgehead atoms. The Kier molecular flexibility index (Phi) is 3.87. The third-order valence-electron chi connectivity index (χ3n) is 1.61. The zero-order chi connectivity index (χ0) is 8.20. The van der Waals surface area contributed by atoms with Crippen molar-refractivity contribution >= 4 is 0 Å². The first-order valence-corrected chi connectivity index (χ1v) is 3.72. The maximum atomic E-state index is 11.6. The second-order valence-electron chi connectivity index (χ2n) is 3.71. The van der Waals surface area contributed by atoms with Gasteiger partial charge in [0.15, 0.2) is 0 Å². The van der Waals surface area contributed by atoms with Crippen LogP contribution in [0.1, 0.15) is 33.6 Å². The maximum absolute atomic E-state index is 11.6. The van der Waals surface area contributed by atoms with Crippen LogP contribution in [0.15, 0.2) is 0 Å². The van der Waals surface area contributed by atoms with E-state index < -0.39 is 0 Å². The van der Waals surface area contributed by atoms with Crippen molar-refractivity contribution in [1.29, 1.82) is 0 Å². The van der Waals surface area contributed by atoms with Gasteiger partial charge in [0.05, 0.1) is 12.8 Å². The van der Waals surface area contributed by atoms with Gasteiger partial charge >= 0.3 is 0 Å². The number of aliphatic hydroxyl groups is 1. The van der Waals surface area contributed by atoms with E-state index in [1.807, 2.05) is 20.8 Å². The van der Waals surface area contributed by atoms with Crippen molar-refractivity contribution in [2.75, 3.05) is 6.67 Å². The molecule has 0 aliphatic carbocycles. The molecule has 1 N–H and O–H groups in total. The Labute approximate surface area is 62.3 Å². The number of rotatable bonds is 3. The lowest BCUT2D eigenvalue weighted by Crippen LogP contribution is -2.25. The number of aliphatic hydroxyl groups excluding tert-OH is 1. The molecule has 0 radical (unpaired) electrons. The van der Waals surface area contributed by atoms with Crippen LogP contribution in [0.2, 0.25) is 0 Å². The van der Waals surface area contributed by atoms with Crippen LogP contribution in [0.5, 0.6) is 0 Å². The van der Waals surface area contributed by atoms with Crippen LogP contribution < -0.4 is 0 Å². The summed E-state index contributed by atoms with van der Waals surface area (Å²) in [5.41, 5.74) is -0.102. The van der Waals surface area contributed by atoms with Crippen molar-refractivity contribution in [2.24, 2.45) is 5.41 Å². The second kappa shape index (κ2) is 3.91. The second-order valence-corrected chi connectivity index (χ2v) is 3.71. The summed E-state index contributed by atoms with van der Waals surface area (Å²) < 4.78 is 11.6. The summed E-state index contributed by atoms with van der Waals surface area (Å²) in [5, 5.41) is 9.35. The van der Waals surface area contributed by atoms with Gasteiger partial charge < -0.3 is 5.11 Å². The molecule has 1 unspecified atom stereocenters. The highest BCUT2D eigenvalue weighted by atomic mass is 19.1. The topological polar surface area (TPSA) is 20.2 Å². The molecule has 1 atom stereocenters. The van der Waals surface area contributed by atoms with Gasteiger partial charge in [-0.25, -0.2) is 0 Å². The van der Waals surface area contributed by atoms with E-state index in [2.05, 4.69) is 0 Å². The molecule has 10 heavy (non-hydrogen) atoms. The molecule has 2 heteroatoms. The lowest BCUT2D eigenvalue weighted by Gasteiger charge is -2.25. The Balaban J connectivity index is 3.52. The fraction of sp³-hybridized carbons (Fsp3) is 1.00. The van der Waals surface area contributed by atoms with Gasteiger partial charge in [0.2, 0.25) is 0 Å². The number of alkyl halides is 1. The van der Waals surface area contributed by atoms with Crippen LogP contribution in [-0.4, -0.2) is 17.9 Å². The predicted molar refractivity (Wildman–Crippen MR) is 40.7 cm³/mol. The van der Waals surface area contributed by atoms with E-state index in [4.69, 9.17) is 0 Å². The minimum atomic E-state index is -0.372. The van der Waals surface area contributed by atoms with Crippen LogP contribution in [0.25, 0.3) is 0 Å². The summed E-state index contributed by atoms with van der Waals surface area (Å²) in [6.45, 7) is 5.54. The van der Waals surface area contributed by atoms with Gasteiger partial charge in [-0.05, 0) is 18.3 Å². The van der Waals surface area contributed by atoms with E-state index in [0.29, 0.717) is 12.8 Å². The molecular formula is C8H17FO. The van der Waals surface area contributed by atoms with Gasteiger partial charge in [-0.2, -0.15) is 0 Å². The zero-order valence-electron chi connectivity index (χ0n) is 7.02. The Bertz CT molecular complexity index is 85.7. The molecule has 0 aromatic rings. The Morgan fingerprint density at radius 2 is 1.90 bits per heavy atom. The maximum Gasteiger partial charge on any atom is 0.0895 e. The predicted octanol–water partition coefficient (Wildman–Crippen LogP) is 2.14. The fourth-order valence-corrected chi connectivity index (χ4v) is 0.704. The first-order valence-electron chi connectivity index (χ1n) is 3.72. The molecule has 0 spiro atoms. The molecule has 0 aromatic heterocycles. The lowest BCUT2D eigenvalue weighted by atomic mass is 9.87. The van der Waals surface area contributed by atoms with Crippen LogP contribution in [0, 0.1) is 5.41 Å². The van der Waals surface area contributed by atoms with Crippen molar-refractivity contribution in [3.05, 3.63) is 0 Å². The minimum absolute atomic E-state index is 0.102. The third-order valence-corrected chi connectivity index (χ3v) is 1.61. The van der Waals surface area contributed by atoms with E-state index in [0.717, 1.165) is 0 Å². The molecule has 62 valence electrons. The van der Waals surface area contributed by atoms with Gasteiger partial charge in [-0.3, -0.25) is 4.39 Å². The normalized spacial score (nSPS) is 15.3. The van der Waals surface area contributed by atoms with Crippen molar-refractivity contribution in [3.63, 3.8) is 0 Å². The number of hydrogen-bond donors (Lipinski definition) is 1. The SMILES string of the molecule is CC(C)(C)C(O)CCCF. The molecule has 1 nitrogen and oxygen atoms in total. The standard InChI is InChI=1S/C8H17FO/c1-8(2,3)7(10)5-4-6-9/h7,10H,4-6H2,1-3H3. The first kappa shape index (κ1) is 9.89. The van der Waals surface area contributed by atoms with Crippen LogP contribution in [-0.2, 0) is 0 Å². The molecule has 0 heterocycles. The molecule has 0 rings (SSSR count). The summed E-state index contributed by atoms with van der Waals surface area (Å²) in [6.07, 6.45) is 0.668. The highest BCUT2D eigenvalue weighted by Gasteiger charge is 2.20. The van der Waals surface area contributed by atoms with Crippen LogP contribution >= 0.6 is 0 Å². The average molecular weight is 148 g/mol. The Morgan fingerprint density at radius 1 is 1.40 bits per heavy atom. The molecule has 0 saturated carbocycles. The van der Waals surface area contributed by atoms with Gasteiger partial charge in [-0.15, -0.1) is 0 Å². The third kappa shape index (κ3) is 3.83. The van der Waals surface area contributed by atoms with Crippen molar-refractivity contribution in [2.45, 2.75) is 39.7 Å². The summed E-state index contributed by atoms with van der Waals surface area (Å²) >= 11 is 0. The summed E-state index contributed by atoms with van der Waals surface area (Å²) in [5.74, 6) is 0.